The van der Waals surface area contributed by atoms with Crippen molar-refractivity contribution in [3.8, 4) is 17.2 Å². The number of aromatic nitrogens is 6. The fourth-order valence-corrected chi connectivity index (χ4v) is 11.9. The highest BCUT2D eigenvalue weighted by Gasteiger charge is 2.48. The second-order valence-electron chi connectivity index (χ2n) is 21.0. The minimum Gasteiger partial charge on any atom is -0.497 e. The second kappa shape index (κ2) is 27.0. The molecule has 458 valence electrons. The zero-order valence-electron chi connectivity index (χ0n) is 48.4. The zero-order chi connectivity index (χ0) is 62.2. The van der Waals surface area contributed by atoms with Crippen molar-refractivity contribution >= 4 is 60.1 Å². The summed E-state index contributed by atoms with van der Waals surface area (Å²) in [7, 11) is -1.87. The minimum atomic E-state index is -5.00. The van der Waals surface area contributed by atoms with E-state index in [2.05, 4.69) is 30.6 Å². The van der Waals surface area contributed by atoms with Gasteiger partial charge in [0.05, 0.1) is 39.3 Å². The van der Waals surface area contributed by atoms with Crippen molar-refractivity contribution in [1.29, 1.82) is 0 Å². The topological polar surface area (TPSA) is 274 Å². The number of anilines is 2. The van der Waals surface area contributed by atoms with Gasteiger partial charge in [0.2, 0.25) is 11.9 Å². The molecule has 9 aromatic rings. The van der Waals surface area contributed by atoms with Crippen LogP contribution in [0, 0.1) is 5.92 Å². The third-order valence-electron chi connectivity index (χ3n) is 14.9. The molecule has 23 nitrogen and oxygen atoms in total. The second-order valence-corrected chi connectivity index (χ2v) is 23.0. The van der Waals surface area contributed by atoms with Crippen molar-refractivity contribution in [3.63, 3.8) is 0 Å². The molecule has 2 amide bonds. The Balaban J connectivity index is 0.955. The number of aromatic amines is 1. The monoisotopic (exact) mass is 1250 g/mol. The van der Waals surface area contributed by atoms with E-state index in [1.165, 1.54) is 52.0 Å². The van der Waals surface area contributed by atoms with Crippen LogP contribution in [0.2, 0.25) is 5.02 Å². The Morgan fingerprint density at radius 2 is 1.25 bits per heavy atom. The Labute approximate surface area is 514 Å². The number of H-pyrrole nitrogens is 1. The van der Waals surface area contributed by atoms with Crippen LogP contribution in [-0.4, -0.2) is 98.7 Å². The average Bonchev–Trinajstić information content (AvgIpc) is 1.54. The molecule has 0 aliphatic carbocycles. The van der Waals surface area contributed by atoms with Gasteiger partial charge in [-0.25, -0.2) is 19.1 Å². The van der Waals surface area contributed by atoms with Gasteiger partial charge in [-0.15, -0.1) is 0 Å². The molecule has 89 heavy (non-hydrogen) atoms. The number of phosphoric acid groups is 1. The molecule has 0 radical (unpaired) electrons. The number of rotatable bonds is 23. The fraction of sp³-hybridized carbons (Fsp3) is 0.250. The lowest BCUT2D eigenvalue weighted by Crippen LogP contribution is -2.38. The summed E-state index contributed by atoms with van der Waals surface area (Å²) in [6.07, 6.45) is -4.57. The molecular weight excluding hydrogens is 1190 g/mol. The molecule has 3 aromatic heterocycles. The van der Waals surface area contributed by atoms with E-state index in [0.717, 1.165) is 0 Å². The molecule has 7 atom stereocenters. The number of hydrogen-bond acceptors (Lipinski definition) is 18. The summed E-state index contributed by atoms with van der Waals surface area (Å²) >= 11 is 6.33. The van der Waals surface area contributed by atoms with Gasteiger partial charge < -0.3 is 38.3 Å². The van der Waals surface area contributed by atoms with E-state index in [-0.39, 0.29) is 53.7 Å². The highest BCUT2D eigenvalue weighted by molar-refractivity contribution is 7.49. The molecule has 0 spiro atoms. The first kappa shape index (κ1) is 61.3. The lowest BCUT2D eigenvalue weighted by Gasteiger charge is -2.37. The van der Waals surface area contributed by atoms with Crippen LogP contribution >= 0.6 is 19.4 Å². The largest absolute Gasteiger partial charge is 0.530 e. The van der Waals surface area contributed by atoms with Gasteiger partial charge in [-0.05, 0) is 95.6 Å². The first-order chi connectivity index (χ1) is 43.1. The summed E-state index contributed by atoms with van der Waals surface area (Å²) in [6, 6.07) is 48.3. The van der Waals surface area contributed by atoms with Gasteiger partial charge in [-0.3, -0.25) is 42.9 Å². The summed E-state index contributed by atoms with van der Waals surface area (Å²) in [4.78, 5) is 82.7. The predicted octanol–water partition coefficient (Wildman–Crippen LogP) is 10.3. The van der Waals surface area contributed by atoms with Gasteiger partial charge in [0.25, 0.3) is 11.5 Å². The van der Waals surface area contributed by atoms with E-state index in [1.807, 2.05) is 78.9 Å². The summed E-state index contributed by atoms with van der Waals surface area (Å²) in [5, 5.41) is 5.61. The van der Waals surface area contributed by atoms with E-state index in [4.69, 9.17) is 53.6 Å². The fourth-order valence-electron chi connectivity index (χ4n) is 10.3. The van der Waals surface area contributed by atoms with Crippen molar-refractivity contribution in [1.82, 2.24) is 29.1 Å². The number of amides is 2. The van der Waals surface area contributed by atoms with Crippen LogP contribution in [0.25, 0.3) is 11.2 Å². The van der Waals surface area contributed by atoms with Gasteiger partial charge in [-0.2, -0.15) is 9.97 Å². The lowest BCUT2D eigenvalue weighted by atomic mass is 9.80. The van der Waals surface area contributed by atoms with Crippen LogP contribution in [-0.2, 0) is 43.0 Å². The molecule has 2 aliphatic heterocycles. The molecule has 2 saturated heterocycles. The van der Waals surface area contributed by atoms with Crippen molar-refractivity contribution in [3.05, 3.63) is 236 Å². The maximum Gasteiger partial charge on any atom is 0.530 e. The molecule has 2 aliphatic rings. The number of nitrogens with one attached hydrogen (secondary N) is 3. The van der Waals surface area contributed by atoms with Gasteiger partial charge >= 0.3 is 19.5 Å². The number of ether oxygens (including phenoxy) is 6. The molecule has 5 heterocycles. The Morgan fingerprint density at radius 3 is 1.85 bits per heavy atom. The third-order valence-corrected chi connectivity index (χ3v) is 16.6. The van der Waals surface area contributed by atoms with Crippen LogP contribution in [0.1, 0.15) is 76.6 Å². The van der Waals surface area contributed by atoms with Gasteiger partial charge in [0, 0.05) is 35.5 Å². The number of fused-ring (bicyclic) bond motifs is 1. The number of halogens is 1. The highest BCUT2D eigenvalue weighted by Crippen LogP contribution is 2.54. The first-order valence-corrected chi connectivity index (χ1v) is 30.1. The number of esters is 1. The maximum absolute atomic E-state index is 15.9. The number of imidazole rings is 1. The quantitative estimate of drug-likeness (QED) is 0.0305. The number of methoxy groups -OCH3 is 2. The molecule has 3 N–H and O–H groups in total. The number of carbonyl (C=O) groups is 3. The Kier molecular flexibility index (Phi) is 18.6. The van der Waals surface area contributed by atoms with Gasteiger partial charge in [0.1, 0.15) is 65.5 Å². The Morgan fingerprint density at radius 1 is 0.685 bits per heavy atom. The van der Waals surface area contributed by atoms with E-state index < -0.39 is 91.9 Å². The summed E-state index contributed by atoms with van der Waals surface area (Å²) < 4.78 is 75.8. The number of carbonyl (C=O) groups excluding carboxylic acids is 3. The normalized spacial score (nSPS) is 18.9. The standard InChI is InChI=1S/C64H60ClN8O15P/c1-39(2)58(74)70-62-69-57-56(60(76)71-62)66-38-73(57)55-34-49(86-61(77)41-16-10-6-11-17-41)52(85-55)37-83-89(79,87-48-30-24-45(65)25-31-48)88-50-35-54(72-33-32-53(68-63(72)78)67-59(75)40-14-8-5-9-15-40)84-51(50)36-82-64(42-18-12-7-13-19-42,43-20-26-46(80-3)27-21-43)44-22-28-47(81-4)29-23-44/h5-33,38-39,49-52,54-55H,34-37H2,1-4H3,(H,67,68,75,78)(H2,69,70,71,74,76)/t49-,50-,51+,52+,54+,55+,89?/m0/s1. The molecule has 0 saturated carbocycles. The van der Waals surface area contributed by atoms with E-state index in [0.29, 0.717) is 38.8 Å². The van der Waals surface area contributed by atoms with Gasteiger partial charge in [0.15, 0.2) is 11.2 Å². The number of benzene rings is 6. The third kappa shape index (κ3) is 13.9. The van der Waals surface area contributed by atoms with Crippen molar-refractivity contribution in [2.45, 2.75) is 69.2 Å². The first-order valence-electron chi connectivity index (χ1n) is 28.3. The van der Waals surface area contributed by atoms with Crippen LogP contribution in [0.5, 0.6) is 17.2 Å². The van der Waals surface area contributed by atoms with Crippen LogP contribution in [0.3, 0.4) is 0 Å². The Hall–Kier alpha value is -9.32. The van der Waals surface area contributed by atoms with Crippen LogP contribution in [0.15, 0.2) is 192 Å². The molecule has 25 heteroatoms. The van der Waals surface area contributed by atoms with E-state index in [9.17, 15) is 24.0 Å². The molecular formula is C64H60ClN8O15P. The number of hydrogen-bond donors (Lipinski definition) is 3. The number of nitrogens with zero attached hydrogens (tertiary/aromatic N) is 5. The van der Waals surface area contributed by atoms with E-state index >= 15 is 4.57 Å². The van der Waals surface area contributed by atoms with Crippen LogP contribution in [0.4, 0.5) is 11.8 Å². The maximum atomic E-state index is 15.9. The average molecular weight is 1250 g/mol. The Bertz CT molecular complexity index is 4080. The molecule has 11 rings (SSSR count). The summed E-state index contributed by atoms with van der Waals surface area (Å²) in [5.74, 6) is -1.02. The molecule has 2 fully saturated rings. The summed E-state index contributed by atoms with van der Waals surface area (Å²) in [6.45, 7) is 2.43. The molecule has 1 unspecified atom stereocenters. The SMILES string of the molecule is COc1ccc(C(OC[C@H]2O[C@@H](n3ccc(NC(=O)c4ccccc4)nc3=O)C[C@@H]2OP(=O)(OC[C@H]2O[C@@H](n3cnc4c(=O)[nH]c(NC(=O)C(C)C)nc43)C[C@@H]2OC(=O)c2ccccc2)Oc2ccc(Cl)cc2)(c2ccccc2)c2ccc(OC)cc2)cc1. The molecule has 0 bridgehead atoms. The molecule has 6 aromatic carbocycles. The predicted molar refractivity (Wildman–Crippen MR) is 326 cm³/mol. The van der Waals surface area contributed by atoms with E-state index in [1.54, 1.807) is 88.7 Å². The number of phosphoric ester groups is 1. The van der Waals surface area contributed by atoms with Crippen molar-refractivity contribution in [2.24, 2.45) is 5.92 Å². The lowest BCUT2D eigenvalue weighted by molar-refractivity contribution is -0.118. The van der Waals surface area contributed by atoms with Gasteiger partial charge in [-0.1, -0.05) is 116 Å². The summed E-state index contributed by atoms with van der Waals surface area (Å²) in [5.41, 5.74) is -0.260. The zero-order valence-corrected chi connectivity index (χ0v) is 50.0. The van der Waals surface area contributed by atoms with Crippen LogP contribution < -0.4 is 35.9 Å². The van der Waals surface area contributed by atoms with Crippen molar-refractivity contribution in [2.75, 3.05) is 38.1 Å². The minimum absolute atomic E-state index is 0.00970. The highest BCUT2D eigenvalue weighted by atomic mass is 35.5. The smallest absolute Gasteiger partial charge is 0.497 e. The van der Waals surface area contributed by atoms with Crippen molar-refractivity contribution < 1.29 is 60.9 Å².